The summed E-state index contributed by atoms with van der Waals surface area (Å²) in [6, 6.07) is 32.1. The Hall–Kier alpha value is -6.92. The van der Waals surface area contributed by atoms with Gasteiger partial charge in [0, 0.05) is 99.6 Å². The van der Waals surface area contributed by atoms with Gasteiger partial charge >= 0.3 is 5.97 Å². The second-order valence-electron chi connectivity index (χ2n) is 22.8. The maximum absolute atomic E-state index is 16.0. The van der Waals surface area contributed by atoms with Crippen molar-refractivity contribution in [2.24, 2.45) is 29.4 Å². The standard InChI is InChI=1S/C31H27Cl2FN4O3.C31H26Cl2FN3O4.2CH4/c32-18-8-11-21-23(14-18)36-30(41)31(21)26(20-2-1-3-22(33)27(20)34)25-24(38(31)15-16-4-5-16)12-13-37(29(25)40)19-9-6-17(7-10-19)28(35)39;32-18-8-11-21-23(14-18)35-30(41)31(21)26(20-2-1-3-22(33)27(20)34)25-24(37(31)15-16-4-5-16)12-13-36(28(25)38)19-9-6-17(7-10-19)29(39)40;;/h1-3,6-11,14,16,24-26H,4-5,12-13,15H2,(H2,35,39)(H,36,41);1-3,6-11,14,16,24-26H,4-5,12-13,15H2,(H,35,41)(H,39,40);2*1H4/t2*24-,25+,26-,31+;;/m00../s1. The number of likely N-dealkylation sites (tertiary alicyclic amines) is 2. The average Bonchev–Trinajstić information content (AvgIpc) is 1.55. The van der Waals surface area contributed by atoms with E-state index in [2.05, 4.69) is 20.4 Å². The van der Waals surface area contributed by atoms with Gasteiger partial charge in [0.05, 0.1) is 27.4 Å². The fourth-order valence-corrected chi connectivity index (χ4v) is 15.3. The van der Waals surface area contributed by atoms with Crippen molar-refractivity contribution in [2.45, 2.75) is 88.4 Å². The largest absolute Gasteiger partial charge is 0.478 e. The summed E-state index contributed by atoms with van der Waals surface area (Å²) < 4.78 is 32.0. The zero-order valence-electron chi connectivity index (χ0n) is 43.8. The predicted octanol–water partition coefficient (Wildman–Crippen LogP) is 12.5. The van der Waals surface area contributed by atoms with E-state index >= 15 is 8.78 Å². The first-order valence-electron chi connectivity index (χ1n) is 27.4. The van der Waals surface area contributed by atoms with E-state index in [1.54, 1.807) is 94.7 Å². The van der Waals surface area contributed by atoms with Gasteiger partial charge in [-0.3, -0.25) is 33.8 Å². The zero-order valence-corrected chi connectivity index (χ0v) is 46.8. The Balaban J connectivity index is 0.000000171. The number of piperidine rings is 2. The Morgan fingerprint density at radius 3 is 1.32 bits per heavy atom. The van der Waals surface area contributed by atoms with E-state index < -0.39 is 58.3 Å². The van der Waals surface area contributed by atoms with Crippen LogP contribution in [0.2, 0.25) is 20.1 Å². The number of halogens is 6. The zero-order chi connectivity index (χ0) is 57.3. The van der Waals surface area contributed by atoms with Crippen molar-refractivity contribution >= 4 is 105 Å². The molecule has 4 saturated heterocycles. The minimum absolute atomic E-state index is 0. The third-order valence-electron chi connectivity index (χ3n) is 18.4. The molecule has 14 nitrogen and oxygen atoms in total. The van der Waals surface area contributed by atoms with Gasteiger partial charge in [-0.15, -0.1) is 0 Å². The number of primary amides is 1. The summed E-state index contributed by atoms with van der Waals surface area (Å²) in [4.78, 5) is 88.5. The van der Waals surface area contributed by atoms with Crippen molar-refractivity contribution < 1.29 is 42.7 Å². The highest BCUT2D eigenvalue weighted by molar-refractivity contribution is 6.32. The number of hydrogen-bond acceptors (Lipinski definition) is 8. The lowest BCUT2D eigenvalue weighted by molar-refractivity contribution is -0.128. The van der Waals surface area contributed by atoms with Gasteiger partial charge in [0.2, 0.25) is 29.5 Å². The van der Waals surface area contributed by atoms with Crippen LogP contribution in [0, 0.1) is 35.3 Å². The SMILES string of the molecule is C.C.NC(=O)c1ccc(N2CC[C@H]3[C@@H](C2=O)[C@H](c2cccc(Cl)c2F)[C@]2(C(=O)Nc4cc(Cl)ccc42)N3CC2CC2)cc1.O=C(O)c1ccc(N2CC[C@H]3[C@@H](C2=O)[C@H](c2cccc(Cl)c2F)[C@]2(C(=O)Nc4cc(Cl)ccc42)N3CC2CC2)cc1. The highest BCUT2D eigenvalue weighted by Crippen LogP contribution is 2.64. The van der Waals surface area contributed by atoms with E-state index in [1.807, 2.05) is 12.1 Å². The summed E-state index contributed by atoms with van der Waals surface area (Å²) in [6.07, 6.45) is 5.29. The number of benzene rings is 6. The molecule has 5 amide bonds. The van der Waals surface area contributed by atoms with Gasteiger partial charge in [0.1, 0.15) is 22.7 Å². The number of nitrogens with zero attached hydrogens (tertiary/aromatic N) is 4. The van der Waals surface area contributed by atoms with Crippen molar-refractivity contribution in [3.8, 4) is 0 Å². The Morgan fingerprint density at radius 2 is 0.952 bits per heavy atom. The van der Waals surface area contributed by atoms with Crippen molar-refractivity contribution in [2.75, 3.05) is 46.6 Å². The van der Waals surface area contributed by atoms with Gasteiger partial charge in [-0.25, -0.2) is 13.6 Å². The molecule has 6 fully saturated rings. The molecule has 436 valence electrons. The van der Waals surface area contributed by atoms with Crippen LogP contribution in [-0.4, -0.2) is 88.7 Å². The highest BCUT2D eigenvalue weighted by Gasteiger charge is 2.72. The number of rotatable bonds is 10. The second-order valence-corrected chi connectivity index (χ2v) is 24.4. The van der Waals surface area contributed by atoms with E-state index in [9.17, 15) is 33.9 Å². The summed E-state index contributed by atoms with van der Waals surface area (Å²) in [7, 11) is 0. The number of hydrogen-bond donors (Lipinski definition) is 4. The van der Waals surface area contributed by atoms with Crippen LogP contribution >= 0.6 is 46.4 Å². The van der Waals surface area contributed by atoms with Crippen LogP contribution < -0.4 is 26.2 Å². The second kappa shape index (κ2) is 22.2. The first kappa shape index (κ1) is 58.8. The molecule has 2 aliphatic carbocycles. The average molecular weight is 1220 g/mol. The Labute approximate surface area is 505 Å². The number of nitrogens with two attached hydrogens (primary N) is 1. The number of carboxylic acids is 1. The summed E-state index contributed by atoms with van der Waals surface area (Å²) in [5.41, 5.74) is 7.32. The number of nitrogens with one attached hydrogen (secondary N) is 2. The summed E-state index contributed by atoms with van der Waals surface area (Å²) in [5, 5.41) is 16.2. The Morgan fingerprint density at radius 1 is 0.560 bits per heavy atom. The smallest absolute Gasteiger partial charge is 0.335 e. The van der Waals surface area contributed by atoms with Crippen LogP contribution in [0.25, 0.3) is 0 Å². The summed E-state index contributed by atoms with van der Waals surface area (Å²) in [6.45, 7) is 2.02. The van der Waals surface area contributed by atoms with E-state index in [-0.39, 0.29) is 77.3 Å². The molecule has 84 heavy (non-hydrogen) atoms. The molecule has 2 spiro atoms. The monoisotopic (exact) mass is 1220 g/mol. The lowest BCUT2D eigenvalue weighted by Gasteiger charge is -2.40. The van der Waals surface area contributed by atoms with Crippen molar-refractivity contribution in [3.05, 3.63) is 186 Å². The lowest BCUT2D eigenvalue weighted by Crippen LogP contribution is -2.54. The normalized spacial score (nSPS) is 26.5. The minimum Gasteiger partial charge on any atom is -0.478 e. The minimum atomic E-state index is -1.35. The molecular formula is C64H61Cl4F2N7O7. The molecule has 0 bridgehead atoms. The lowest BCUT2D eigenvalue weighted by atomic mass is 9.70. The van der Waals surface area contributed by atoms with Crippen LogP contribution in [-0.2, 0) is 30.3 Å². The molecule has 20 heteroatoms. The summed E-state index contributed by atoms with van der Waals surface area (Å²) in [5.74, 6) is -6.37. The Bertz CT molecular complexity index is 3460. The van der Waals surface area contributed by atoms with Crippen LogP contribution in [0.3, 0.4) is 0 Å². The fourth-order valence-electron chi connectivity index (χ4n) is 14.6. The molecule has 8 atom stereocenters. The molecule has 0 unspecified atom stereocenters. The molecule has 6 heterocycles. The molecule has 6 aromatic carbocycles. The van der Waals surface area contributed by atoms with Crippen molar-refractivity contribution in [1.82, 2.24) is 9.80 Å². The van der Waals surface area contributed by atoms with Crippen molar-refractivity contribution in [1.29, 1.82) is 0 Å². The molecule has 0 aromatic heterocycles. The first-order valence-corrected chi connectivity index (χ1v) is 28.9. The number of carbonyl (C=O) groups is 6. The van der Waals surface area contributed by atoms with Gasteiger partial charge in [-0.05, 0) is 146 Å². The van der Waals surface area contributed by atoms with Gasteiger partial charge in [-0.2, -0.15) is 0 Å². The topological polar surface area (TPSA) is 186 Å². The van der Waals surface area contributed by atoms with Gasteiger partial charge in [0.25, 0.3) is 0 Å². The first-order chi connectivity index (χ1) is 39.4. The predicted molar refractivity (Wildman–Crippen MR) is 321 cm³/mol. The van der Waals surface area contributed by atoms with Crippen molar-refractivity contribution in [3.63, 3.8) is 0 Å². The molecule has 0 radical (unpaired) electrons. The molecule has 5 N–H and O–H groups in total. The Kier molecular flexibility index (Phi) is 15.5. The highest BCUT2D eigenvalue weighted by atomic mass is 35.5. The van der Waals surface area contributed by atoms with Gasteiger partial charge in [0.15, 0.2) is 0 Å². The molecular weight excluding hydrogens is 1160 g/mol. The van der Waals surface area contributed by atoms with Gasteiger partial charge in [-0.1, -0.05) is 97.7 Å². The van der Waals surface area contributed by atoms with Crippen LogP contribution in [0.5, 0.6) is 0 Å². The number of aromatic carboxylic acids is 1. The van der Waals surface area contributed by atoms with Crippen LogP contribution in [0.1, 0.15) is 108 Å². The molecule has 2 saturated carbocycles. The number of amides is 5. The third-order valence-corrected chi connectivity index (χ3v) is 19.4. The van der Waals surface area contributed by atoms with E-state index in [4.69, 9.17) is 52.1 Å². The van der Waals surface area contributed by atoms with E-state index in [0.29, 0.717) is 100 Å². The van der Waals surface area contributed by atoms with Gasteiger partial charge < -0.3 is 31.3 Å². The third kappa shape index (κ3) is 9.25. The van der Waals surface area contributed by atoms with Crippen LogP contribution in [0.15, 0.2) is 121 Å². The van der Waals surface area contributed by atoms with E-state index in [1.165, 1.54) is 24.3 Å². The number of carbonyl (C=O) groups excluding carboxylic acids is 5. The number of fused-ring (bicyclic) bond motifs is 6. The quantitative estimate of drug-likeness (QED) is 0.104. The molecule has 8 aliphatic rings. The number of anilines is 4. The van der Waals surface area contributed by atoms with Crippen LogP contribution in [0.4, 0.5) is 31.5 Å². The molecule has 6 aliphatic heterocycles. The number of carboxylic acid groups (broad SMARTS) is 1. The maximum atomic E-state index is 16.0. The fraction of sp³-hybridized carbons (Fsp3) is 0.344. The maximum Gasteiger partial charge on any atom is 0.335 e. The molecule has 14 rings (SSSR count). The summed E-state index contributed by atoms with van der Waals surface area (Å²) >= 11 is 25.3. The molecule has 6 aromatic rings. The van der Waals surface area contributed by atoms with E-state index in [0.717, 1.165) is 25.7 Å².